The second-order valence-electron chi connectivity index (χ2n) is 6.33. The first kappa shape index (κ1) is 21.5. The van der Waals surface area contributed by atoms with Gasteiger partial charge < -0.3 is 14.2 Å². The second-order valence-corrected chi connectivity index (χ2v) is 6.33. The van der Waals surface area contributed by atoms with Gasteiger partial charge in [-0.2, -0.15) is 5.10 Å². The molecule has 2 aromatic carbocycles. The first-order valence-corrected chi connectivity index (χ1v) is 9.32. The lowest BCUT2D eigenvalue weighted by Gasteiger charge is -2.11. The molecule has 0 radical (unpaired) electrons. The van der Waals surface area contributed by atoms with Crippen LogP contribution in [0, 0.1) is 0 Å². The number of carbonyl (C=O) groups is 2. The topological polar surface area (TPSA) is 99.1 Å². The standard InChI is InChI=1S/C23H21N3O5/c1-29-21-12-17(13-25-26-22(27)19-4-3-11-24-14-19)7-10-20(21)31-15-16-5-8-18(9-6-16)23(28)30-2/h3-14H,15H2,1-2H3,(H,26,27). The van der Waals surface area contributed by atoms with Crippen LogP contribution >= 0.6 is 0 Å². The summed E-state index contributed by atoms with van der Waals surface area (Å²) in [5.74, 6) is 0.335. The molecule has 1 amide bonds. The fraction of sp³-hybridized carbons (Fsp3) is 0.130. The van der Waals surface area contributed by atoms with Crippen molar-refractivity contribution in [2.45, 2.75) is 6.61 Å². The number of hydrogen-bond donors (Lipinski definition) is 1. The minimum Gasteiger partial charge on any atom is -0.493 e. The van der Waals surface area contributed by atoms with Crippen molar-refractivity contribution in [3.63, 3.8) is 0 Å². The zero-order valence-electron chi connectivity index (χ0n) is 17.1. The molecule has 1 heterocycles. The lowest BCUT2D eigenvalue weighted by Crippen LogP contribution is -2.17. The van der Waals surface area contributed by atoms with Gasteiger partial charge in [0.2, 0.25) is 0 Å². The SMILES string of the molecule is COC(=O)c1ccc(COc2ccc(C=NNC(=O)c3cccnc3)cc2OC)cc1. The monoisotopic (exact) mass is 419 g/mol. The highest BCUT2D eigenvalue weighted by atomic mass is 16.5. The number of ether oxygens (including phenoxy) is 3. The molecular formula is C23H21N3O5. The zero-order chi connectivity index (χ0) is 22.1. The average molecular weight is 419 g/mol. The number of benzene rings is 2. The Hall–Kier alpha value is -4.20. The van der Waals surface area contributed by atoms with E-state index in [4.69, 9.17) is 9.47 Å². The highest BCUT2D eigenvalue weighted by Gasteiger charge is 2.08. The molecule has 0 atom stereocenters. The summed E-state index contributed by atoms with van der Waals surface area (Å²) in [6.07, 6.45) is 4.56. The van der Waals surface area contributed by atoms with Crippen molar-refractivity contribution in [1.82, 2.24) is 10.4 Å². The number of hydrazone groups is 1. The van der Waals surface area contributed by atoms with Crippen molar-refractivity contribution < 1.29 is 23.8 Å². The Morgan fingerprint density at radius 3 is 2.52 bits per heavy atom. The number of aromatic nitrogens is 1. The Kier molecular flexibility index (Phi) is 7.31. The highest BCUT2D eigenvalue weighted by molar-refractivity contribution is 5.94. The predicted molar refractivity (Wildman–Crippen MR) is 114 cm³/mol. The maximum atomic E-state index is 12.0. The molecule has 0 aliphatic heterocycles. The Balaban J connectivity index is 1.60. The second kappa shape index (κ2) is 10.5. The summed E-state index contributed by atoms with van der Waals surface area (Å²) in [5.41, 5.74) is 4.95. The Bertz CT molecular complexity index is 1070. The van der Waals surface area contributed by atoms with Gasteiger partial charge in [-0.3, -0.25) is 9.78 Å². The van der Waals surface area contributed by atoms with Gasteiger partial charge in [0, 0.05) is 12.4 Å². The Labute approximate surface area is 179 Å². The molecule has 1 aromatic heterocycles. The highest BCUT2D eigenvalue weighted by Crippen LogP contribution is 2.28. The number of methoxy groups -OCH3 is 2. The number of hydrogen-bond acceptors (Lipinski definition) is 7. The van der Waals surface area contributed by atoms with Crippen LogP contribution in [0.4, 0.5) is 0 Å². The summed E-state index contributed by atoms with van der Waals surface area (Å²) in [7, 11) is 2.88. The fourth-order valence-electron chi connectivity index (χ4n) is 2.63. The summed E-state index contributed by atoms with van der Waals surface area (Å²) in [4.78, 5) is 27.4. The van der Waals surface area contributed by atoms with E-state index in [2.05, 4.69) is 20.2 Å². The van der Waals surface area contributed by atoms with E-state index in [0.29, 0.717) is 29.2 Å². The predicted octanol–water partition coefficient (Wildman–Crippen LogP) is 3.22. The third-order valence-corrected chi connectivity index (χ3v) is 4.26. The summed E-state index contributed by atoms with van der Waals surface area (Å²) in [6, 6.07) is 15.6. The van der Waals surface area contributed by atoms with E-state index < -0.39 is 0 Å². The van der Waals surface area contributed by atoms with Crippen molar-refractivity contribution in [3.05, 3.63) is 89.2 Å². The minimum absolute atomic E-state index is 0.298. The molecule has 0 aliphatic rings. The van der Waals surface area contributed by atoms with Crippen molar-refractivity contribution in [2.75, 3.05) is 14.2 Å². The molecule has 0 bridgehead atoms. The number of pyridine rings is 1. The summed E-state index contributed by atoms with van der Waals surface area (Å²) < 4.78 is 15.9. The van der Waals surface area contributed by atoms with Crippen LogP contribution in [-0.2, 0) is 11.3 Å². The molecular weight excluding hydrogens is 398 g/mol. The van der Waals surface area contributed by atoms with Crippen LogP contribution < -0.4 is 14.9 Å². The van der Waals surface area contributed by atoms with Crippen LogP contribution in [0.1, 0.15) is 31.8 Å². The molecule has 0 aliphatic carbocycles. The van der Waals surface area contributed by atoms with Crippen molar-refractivity contribution >= 4 is 18.1 Å². The van der Waals surface area contributed by atoms with E-state index in [1.165, 1.54) is 19.5 Å². The lowest BCUT2D eigenvalue weighted by molar-refractivity contribution is 0.0600. The van der Waals surface area contributed by atoms with E-state index in [0.717, 1.165) is 11.1 Å². The Morgan fingerprint density at radius 1 is 1.03 bits per heavy atom. The maximum Gasteiger partial charge on any atom is 0.337 e. The van der Waals surface area contributed by atoms with Crippen molar-refractivity contribution in [2.24, 2.45) is 5.10 Å². The average Bonchev–Trinajstić information content (AvgIpc) is 2.83. The number of nitrogens with one attached hydrogen (secondary N) is 1. The van der Waals surface area contributed by atoms with Gasteiger partial charge in [-0.15, -0.1) is 0 Å². The van der Waals surface area contributed by atoms with Crippen LogP contribution in [0.5, 0.6) is 11.5 Å². The molecule has 8 nitrogen and oxygen atoms in total. The number of amides is 1. The number of nitrogens with zero attached hydrogens (tertiary/aromatic N) is 2. The maximum absolute atomic E-state index is 12.0. The van der Waals surface area contributed by atoms with Gasteiger partial charge in [0.25, 0.3) is 5.91 Å². The molecule has 0 spiro atoms. The van der Waals surface area contributed by atoms with Crippen LogP contribution in [0.15, 0.2) is 72.1 Å². The fourth-order valence-corrected chi connectivity index (χ4v) is 2.63. The quantitative estimate of drug-likeness (QED) is 0.342. The largest absolute Gasteiger partial charge is 0.493 e. The van der Waals surface area contributed by atoms with E-state index in [9.17, 15) is 9.59 Å². The van der Waals surface area contributed by atoms with Crippen LogP contribution in [0.3, 0.4) is 0 Å². The molecule has 3 rings (SSSR count). The summed E-state index contributed by atoms with van der Waals surface area (Å²) in [5, 5.41) is 3.96. The molecule has 158 valence electrons. The minimum atomic E-state index is -0.386. The molecule has 0 fully saturated rings. The summed E-state index contributed by atoms with van der Waals surface area (Å²) in [6.45, 7) is 0.298. The number of esters is 1. The summed E-state index contributed by atoms with van der Waals surface area (Å²) >= 11 is 0. The van der Waals surface area contributed by atoms with Crippen LogP contribution in [-0.4, -0.2) is 37.3 Å². The number of carbonyl (C=O) groups excluding carboxylic acids is 2. The van der Waals surface area contributed by atoms with Gasteiger partial charge in [0.15, 0.2) is 11.5 Å². The smallest absolute Gasteiger partial charge is 0.337 e. The van der Waals surface area contributed by atoms with E-state index >= 15 is 0 Å². The van der Waals surface area contributed by atoms with Gasteiger partial charge in [0.1, 0.15) is 6.61 Å². The van der Waals surface area contributed by atoms with Gasteiger partial charge in [0.05, 0.1) is 31.6 Å². The van der Waals surface area contributed by atoms with Gasteiger partial charge >= 0.3 is 5.97 Å². The van der Waals surface area contributed by atoms with Crippen molar-refractivity contribution in [3.8, 4) is 11.5 Å². The third-order valence-electron chi connectivity index (χ3n) is 4.26. The molecule has 8 heteroatoms. The van der Waals surface area contributed by atoms with Crippen molar-refractivity contribution in [1.29, 1.82) is 0 Å². The first-order valence-electron chi connectivity index (χ1n) is 9.32. The van der Waals surface area contributed by atoms with Crippen LogP contribution in [0.25, 0.3) is 0 Å². The lowest BCUT2D eigenvalue weighted by atomic mass is 10.1. The molecule has 0 saturated heterocycles. The Morgan fingerprint density at radius 2 is 1.84 bits per heavy atom. The zero-order valence-corrected chi connectivity index (χ0v) is 17.1. The normalized spacial score (nSPS) is 10.5. The number of rotatable bonds is 8. The molecule has 0 saturated carbocycles. The van der Waals surface area contributed by atoms with Gasteiger partial charge in [-0.05, 0) is 53.6 Å². The molecule has 1 N–H and O–H groups in total. The van der Waals surface area contributed by atoms with E-state index in [1.807, 2.05) is 0 Å². The van der Waals surface area contributed by atoms with E-state index in [1.54, 1.807) is 67.9 Å². The molecule has 31 heavy (non-hydrogen) atoms. The van der Waals surface area contributed by atoms with E-state index in [-0.39, 0.29) is 11.9 Å². The van der Waals surface area contributed by atoms with Crippen LogP contribution in [0.2, 0.25) is 0 Å². The van der Waals surface area contributed by atoms with Gasteiger partial charge in [-0.25, -0.2) is 10.2 Å². The third kappa shape index (κ3) is 5.89. The molecule has 0 unspecified atom stereocenters. The van der Waals surface area contributed by atoms with Gasteiger partial charge in [-0.1, -0.05) is 12.1 Å². The first-order chi connectivity index (χ1) is 15.1. The molecule has 3 aromatic rings.